The number of ether oxygens (including phenoxy) is 2. The Hall–Kier alpha value is -3.25. The second-order valence-corrected chi connectivity index (χ2v) is 10.3. The van der Waals surface area contributed by atoms with Gasteiger partial charge in [-0.1, -0.05) is 89.9 Å². The van der Waals surface area contributed by atoms with Gasteiger partial charge in [-0.3, -0.25) is 9.80 Å². The first kappa shape index (κ1) is 24.1. The van der Waals surface area contributed by atoms with Crippen molar-refractivity contribution >= 4 is 40.1 Å². The van der Waals surface area contributed by atoms with Crippen LogP contribution in [-0.4, -0.2) is 41.3 Å². The predicted molar refractivity (Wildman–Crippen MR) is 146 cm³/mol. The molecule has 2 aliphatic rings. The van der Waals surface area contributed by atoms with Gasteiger partial charge in [-0.25, -0.2) is 4.79 Å². The van der Waals surface area contributed by atoms with Gasteiger partial charge in [0.2, 0.25) is 0 Å². The lowest BCUT2D eigenvalue weighted by molar-refractivity contribution is -0.0887. The predicted octanol–water partition coefficient (Wildman–Crippen LogP) is 6.93. The van der Waals surface area contributed by atoms with E-state index in [0.29, 0.717) is 36.1 Å². The van der Waals surface area contributed by atoms with Crippen molar-refractivity contribution in [3.05, 3.63) is 112 Å². The molecule has 4 aromatic carbocycles. The highest BCUT2D eigenvalue weighted by Crippen LogP contribution is 2.39. The molecule has 5 nitrogen and oxygen atoms in total. The molecule has 2 aliphatic heterocycles. The fourth-order valence-electron chi connectivity index (χ4n) is 5.35. The van der Waals surface area contributed by atoms with Gasteiger partial charge in [0, 0.05) is 47.2 Å². The Balaban J connectivity index is 1.32. The Bertz CT molecular complexity index is 1430. The van der Waals surface area contributed by atoms with Gasteiger partial charge >= 0.3 is 6.09 Å². The van der Waals surface area contributed by atoms with Crippen molar-refractivity contribution in [1.29, 1.82) is 0 Å². The van der Waals surface area contributed by atoms with Crippen LogP contribution in [-0.2, 0) is 24.3 Å². The first-order valence-corrected chi connectivity index (χ1v) is 13.2. The Morgan fingerprint density at radius 1 is 0.892 bits per heavy atom. The molecule has 1 amide bonds. The Kier molecular flexibility index (Phi) is 6.68. The van der Waals surface area contributed by atoms with Crippen LogP contribution >= 0.6 is 23.2 Å². The van der Waals surface area contributed by atoms with E-state index >= 15 is 0 Å². The van der Waals surface area contributed by atoms with E-state index in [2.05, 4.69) is 23.1 Å². The zero-order valence-corrected chi connectivity index (χ0v) is 21.7. The van der Waals surface area contributed by atoms with Crippen LogP contribution in [0.25, 0.3) is 10.8 Å². The summed E-state index contributed by atoms with van der Waals surface area (Å²) < 4.78 is 12.4. The molecule has 6 rings (SSSR count). The lowest BCUT2D eigenvalue weighted by Gasteiger charge is -2.49. The summed E-state index contributed by atoms with van der Waals surface area (Å²) in [6.45, 7) is 1.87. The summed E-state index contributed by atoms with van der Waals surface area (Å²) in [7, 11) is 0. The summed E-state index contributed by atoms with van der Waals surface area (Å²) in [4.78, 5) is 17.4. The van der Waals surface area contributed by atoms with Crippen LogP contribution in [0.15, 0.2) is 84.9 Å². The number of carbonyl (C=O) groups is 1. The Morgan fingerprint density at radius 2 is 1.65 bits per heavy atom. The van der Waals surface area contributed by atoms with Crippen molar-refractivity contribution in [2.24, 2.45) is 0 Å². The van der Waals surface area contributed by atoms with Crippen molar-refractivity contribution < 1.29 is 14.3 Å². The van der Waals surface area contributed by atoms with Crippen LogP contribution in [0.1, 0.15) is 16.7 Å². The largest absolute Gasteiger partial charge is 0.473 e. The molecule has 1 saturated heterocycles. The normalized spacial score (nSPS) is 19.1. The number of hydrogen-bond acceptors (Lipinski definition) is 4. The standard InChI is InChI=1S/C30H26Cl2N2O3/c31-25-11-6-12-26(32)24(25)18-33-15-16-34(30(35)36-19-20-7-2-1-3-8-20)27-17-23-22-10-5-4-9-21(22)13-14-28(23)37-29(27)33/h1-14,27,29H,15-19H2/t27-,29+/m1/s1. The molecular formula is C30H26Cl2N2O3. The van der Waals surface area contributed by atoms with Gasteiger partial charge in [0.25, 0.3) is 0 Å². The topological polar surface area (TPSA) is 42.0 Å². The monoisotopic (exact) mass is 532 g/mol. The minimum Gasteiger partial charge on any atom is -0.473 e. The quantitative estimate of drug-likeness (QED) is 0.285. The molecule has 0 unspecified atom stereocenters. The average Bonchev–Trinajstić information content (AvgIpc) is 2.93. The van der Waals surface area contributed by atoms with Gasteiger partial charge in [-0.2, -0.15) is 0 Å². The number of nitrogens with zero attached hydrogens (tertiary/aromatic N) is 2. The number of carbonyl (C=O) groups excluding carboxylic acids is 1. The van der Waals surface area contributed by atoms with Crippen LogP contribution in [0.5, 0.6) is 5.75 Å². The van der Waals surface area contributed by atoms with E-state index in [9.17, 15) is 4.79 Å². The third-order valence-corrected chi connectivity index (χ3v) is 7.95. The lowest BCUT2D eigenvalue weighted by atomic mass is 9.92. The maximum absolute atomic E-state index is 13.4. The van der Waals surface area contributed by atoms with E-state index in [1.165, 1.54) is 0 Å². The molecular weight excluding hydrogens is 507 g/mol. The van der Waals surface area contributed by atoms with E-state index in [0.717, 1.165) is 33.2 Å². The van der Waals surface area contributed by atoms with Crippen LogP contribution < -0.4 is 4.74 Å². The highest BCUT2D eigenvalue weighted by molar-refractivity contribution is 6.35. The van der Waals surface area contributed by atoms with Crippen molar-refractivity contribution in [1.82, 2.24) is 9.80 Å². The first-order valence-electron chi connectivity index (χ1n) is 12.4. The maximum Gasteiger partial charge on any atom is 0.410 e. The fourth-order valence-corrected chi connectivity index (χ4v) is 5.87. The number of halogens is 2. The SMILES string of the molecule is O=C(OCc1ccccc1)N1CCN(Cc2c(Cl)cccc2Cl)[C@H]2Oc3ccc4ccccc4c3C[C@H]21. The molecule has 4 aromatic rings. The molecule has 0 spiro atoms. The van der Waals surface area contributed by atoms with Gasteiger partial charge in [-0.15, -0.1) is 0 Å². The molecule has 7 heteroatoms. The van der Waals surface area contributed by atoms with Crippen LogP contribution in [0.4, 0.5) is 4.79 Å². The number of rotatable bonds is 4. The molecule has 0 bridgehead atoms. The molecule has 2 heterocycles. The highest BCUT2D eigenvalue weighted by Gasteiger charge is 2.44. The average molecular weight is 533 g/mol. The minimum absolute atomic E-state index is 0.225. The molecule has 0 aromatic heterocycles. The van der Waals surface area contributed by atoms with Gasteiger partial charge < -0.3 is 9.47 Å². The van der Waals surface area contributed by atoms with E-state index < -0.39 is 0 Å². The number of hydrogen-bond donors (Lipinski definition) is 0. The summed E-state index contributed by atoms with van der Waals surface area (Å²) in [5.74, 6) is 0.842. The number of amides is 1. The van der Waals surface area contributed by atoms with Crippen molar-refractivity contribution in [3.8, 4) is 5.75 Å². The third-order valence-electron chi connectivity index (χ3n) is 7.24. The minimum atomic E-state index is -0.362. The second kappa shape index (κ2) is 10.3. The van der Waals surface area contributed by atoms with E-state index in [4.69, 9.17) is 32.7 Å². The summed E-state index contributed by atoms with van der Waals surface area (Å²) in [5.41, 5.74) is 2.92. The molecule has 0 aliphatic carbocycles. The van der Waals surface area contributed by atoms with Gasteiger partial charge in [0.05, 0.1) is 6.04 Å². The zero-order valence-electron chi connectivity index (χ0n) is 20.1. The van der Waals surface area contributed by atoms with Crippen molar-refractivity contribution in [3.63, 3.8) is 0 Å². The van der Waals surface area contributed by atoms with Crippen LogP contribution in [0.2, 0.25) is 10.0 Å². The lowest BCUT2D eigenvalue weighted by Crippen LogP contribution is -2.64. The molecule has 0 radical (unpaired) electrons. The van der Waals surface area contributed by atoms with Gasteiger partial charge in [0.1, 0.15) is 12.4 Å². The van der Waals surface area contributed by atoms with Crippen molar-refractivity contribution in [2.45, 2.75) is 31.8 Å². The van der Waals surface area contributed by atoms with E-state index in [1.54, 1.807) is 0 Å². The maximum atomic E-state index is 13.4. The fraction of sp³-hybridized carbons (Fsp3) is 0.233. The zero-order chi connectivity index (χ0) is 25.4. The molecule has 0 saturated carbocycles. The summed E-state index contributed by atoms with van der Waals surface area (Å²) in [6, 6.07) is 27.4. The second-order valence-electron chi connectivity index (χ2n) is 9.45. The first-order chi connectivity index (χ1) is 18.1. The Morgan fingerprint density at radius 3 is 2.46 bits per heavy atom. The number of piperazine rings is 1. The number of benzene rings is 4. The Labute approximate surface area is 226 Å². The molecule has 2 atom stereocenters. The highest BCUT2D eigenvalue weighted by atomic mass is 35.5. The van der Waals surface area contributed by atoms with Gasteiger partial charge in [0.15, 0.2) is 6.23 Å². The molecule has 188 valence electrons. The van der Waals surface area contributed by atoms with E-state index in [-0.39, 0.29) is 25.0 Å². The molecule has 37 heavy (non-hydrogen) atoms. The van der Waals surface area contributed by atoms with Gasteiger partial charge in [-0.05, 0) is 34.5 Å². The van der Waals surface area contributed by atoms with Crippen molar-refractivity contribution in [2.75, 3.05) is 13.1 Å². The summed E-state index contributed by atoms with van der Waals surface area (Å²) >= 11 is 13.0. The molecule has 1 fully saturated rings. The smallest absolute Gasteiger partial charge is 0.410 e. The van der Waals surface area contributed by atoms with Crippen LogP contribution in [0, 0.1) is 0 Å². The molecule has 0 N–H and O–H groups in total. The summed E-state index contributed by atoms with van der Waals surface area (Å²) in [5, 5.41) is 3.53. The van der Waals surface area contributed by atoms with Crippen LogP contribution in [0.3, 0.4) is 0 Å². The number of fused-ring (bicyclic) bond motifs is 4. The van der Waals surface area contributed by atoms with E-state index in [1.807, 2.05) is 71.6 Å². The third kappa shape index (κ3) is 4.75. The summed E-state index contributed by atoms with van der Waals surface area (Å²) in [6.07, 6.45) is -0.0326.